The van der Waals surface area contributed by atoms with Gasteiger partial charge in [0.05, 0.1) is 10.7 Å². The lowest BCUT2D eigenvalue weighted by Crippen LogP contribution is -2.18. The van der Waals surface area contributed by atoms with Crippen molar-refractivity contribution in [1.82, 2.24) is 4.90 Å². The lowest BCUT2D eigenvalue weighted by Gasteiger charge is -2.15. The summed E-state index contributed by atoms with van der Waals surface area (Å²) in [6, 6.07) is 6.45. The number of ether oxygens (including phenoxy) is 1. The molecule has 0 atom stereocenters. The van der Waals surface area contributed by atoms with Gasteiger partial charge in [0.25, 0.3) is 0 Å². The van der Waals surface area contributed by atoms with Crippen molar-refractivity contribution in [2.75, 3.05) is 20.2 Å². The van der Waals surface area contributed by atoms with Gasteiger partial charge in [0, 0.05) is 6.54 Å². The van der Waals surface area contributed by atoms with E-state index in [0.29, 0.717) is 0 Å². The molecule has 0 amide bonds. The number of nitrogens with zero attached hydrogens (tertiary/aromatic N) is 1. The van der Waals surface area contributed by atoms with E-state index < -0.39 is 0 Å². The molecule has 82 valence electrons. The zero-order valence-electron chi connectivity index (χ0n) is 9.00. The molecule has 15 heavy (non-hydrogen) atoms. The van der Waals surface area contributed by atoms with Gasteiger partial charge in [0.2, 0.25) is 0 Å². The molecule has 3 heteroatoms. The minimum Gasteiger partial charge on any atom is -0.496 e. The number of rotatable bonds is 3. The van der Waals surface area contributed by atoms with Crippen molar-refractivity contribution >= 4 is 22.6 Å². The average Bonchev–Trinajstić information content (AvgIpc) is 2.71. The quantitative estimate of drug-likeness (QED) is 0.795. The normalized spacial score (nSPS) is 16.9. The van der Waals surface area contributed by atoms with E-state index in [4.69, 9.17) is 4.74 Å². The van der Waals surface area contributed by atoms with Crippen molar-refractivity contribution < 1.29 is 4.74 Å². The van der Waals surface area contributed by atoms with Crippen molar-refractivity contribution in [2.24, 2.45) is 0 Å². The zero-order chi connectivity index (χ0) is 10.7. The van der Waals surface area contributed by atoms with Gasteiger partial charge in [-0.1, -0.05) is 6.07 Å². The molecule has 0 radical (unpaired) electrons. The maximum Gasteiger partial charge on any atom is 0.132 e. The molecule has 1 saturated heterocycles. The van der Waals surface area contributed by atoms with Crippen LogP contribution in [0.5, 0.6) is 5.75 Å². The van der Waals surface area contributed by atoms with Crippen LogP contribution in [0.25, 0.3) is 0 Å². The summed E-state index contributed by atoms with van der Waals surface area (Å²) in [5.74, 6) is 0.973. The minimum absolute atomic E-state index is 0.973. The second-order valence-corrected chi connectivity index (χ2v) is 5.11. The second-order valence-electron chi connectivity index (χ2n) is 3.95. The van der Waals surface area contributed by atoms with Crippen LogP contribution < -0.4 is 4.74 Å². The van der Waals surface area contributed by atoms with Gasteiger partial charge < -0.3 is 4.74 Å². The molecule has 1 fully saturated rings. The fourth-order valence-corrected chi connectivity index (χ4v) is 2.81. The Hall–Kier alpha value is -0.290. The maximum atomic E-state index is 5.25. The van der Waals surface area contributed by atoms with Gasteiger partial charge >= 0.3 is 0 Å². The Morgan fingerprint density at radius 3 is 2.67 bits per heavy atom. The molecule has 1 aliphatic rings. The molecule has 1 aromatic rings. The first-order valence-corrected chi connectivity index (χ1v) is 6.42. The Morgan fingerprint density at radius 2 is 2.07 bits per heavy atom. The van der Waals surface area contributed by atoms with E-state index in [0.717, 1.165) is 12.3 Å². The van der Waals surface area contributed by atoms with Crippen LogP contribution in [0.4, 0.5) is 0 Å². The highest BCUT2D eigenvalue weighted by molar-refractivity contribution is 14.1. The molecule has 0 aliphatic carbocycles. The van der Waals surface area contributed by atoms with E-state index in [-0.39, 0.29) is 0 Å². The van der Waals surface area contributed by atoms with Gasteiger partial charge in [-0.05, 0) is 66.2 Å². The number of benzene rings is 1. The third-order valence-electron chi connectivity index (χ3n) is 2.82. The van der Waals surface area contributed by atoms with Crippen LogP contribution in [-0.2, 0) is 6.54 Å². The number of hydrogen-bond acceptors (Lipinski definition) is 2. The van der Waals surface area contributed by atoms with Gasteiger partial charge in [-0.3, -0.25) is 4.90 Å². The molecule has 0 bridgehead atoms. The van der Waals surface area contributed by atoms with Crippen LogP contribution in [-0.4, -0.2) is 25.1 Å². The van der Waals surface area contributed by atoms with Crippen molar-refractivity contribution in [1.29, 1.82) is 0 Å². The molecule has 0 unspecified atom stereocenters. The topological polar surface area (TPSA) is 12.5 Å². The van der Waals surface area contributed by atoms with Crippen LogP contribution >= 0.6 is 22.6 Å². The summed E-state index contributed by atoms with van der Waals surface area (Å²) in [6.07, 6.45) is 2.71. The third kappa shape index (κ3) is 2.84. The summed E-state index contributed by atoms with van der Waals surface area (Å²) in [7, 11) is 1.72. The summed E-state index contributed by atoms with van der Waals surface area (Å²) >= 11 is 2.33. The first kappa shape index (κ1) is 11.2. The summed E-state index contributed by atoms with van der Waals surface area (Å²) in [5, 5.41) is 0. The van der Waals surface area contributed by atoms with Crippen LogP contribution in [0.15, 0.2) is 18.2 Å². The van der Waals surface area contributed by atoms with E-state index in [9.17, 15) is 0 Å². The molecule has 1 heterocycles. The lowest BCUT2D eigenvalue weighted by atomic mass is 10.2. The highest BCUT2D eigenvalue weighted by Crippen LogP contribution is 2.23. The maximum absolute atomic E-state index is 5.25. The molecule has 0 N–H and O–H groups in total. The molecule has 2 rings (SSSR count). The highest BCUT2D eigenvalue weighted by Gasteiger charge is 2.12. The van der Waals surface area contributed by atoms with E-state index >= 15 is 0 Å². The summed E-state index contributed by atoms with van der Waals surface area (Å²) in [4.78, 5) is 2.51. The molecule has 0 spiro atoms. The first-order valence-electron chi connectivity index (χ1n) is 5.34. The number of methoxy groups -OCH3 is 1. The number of likely N-dealkylation sites (tertiary alicyclic amines) is 1. The smallest absolute Gasteiger partial charge is 0.132 e. The molecule has 0 saturated carbocycles. The monoisotopic (exact) mass is 317 g/mol. The second kappa shape index (κ2) is 5.16. The van der Waals surface area contributed by atoms with Crippen LogP contribution in [0, 0.1) is 3.57 Å². The predicted octanol–water partition coefficient (Wildman–Crippen LogP) is 2.90. The average molecular weight is 317 g/mol. The molecular weight excluding hydrogens is 301 g/mol. The summed E-state index contributed by atoms with van der Waals surface area (Å²) in [6.45, 7) is 3.59. The molecule has 2 nitrogen and oxygen atoms in total. The van der Waals surface area contributed by atoms with Crippen molar-refractivity contribution in [3.63, 3.8) is 0 Å². The fraction of sp³-hybridized carbons (Fsp3) is 0.500. The summed E-state index contributed by atoms with van der Waals surface area (Å²) < 4.78 is 6.45. The first-order chi connectivity index (χ1) is 7.29. The van der Waals surface area contributed by atoms with Crippen molar-refractivity contribution in [3.8, 4) is 5.75 Å². The van der Waals surface area contributed by atoms with Crippen LogP contribution in [0.3, 0.4) is 0 Å². The Kier molecular flexibility index (Phi) is 3.86. The minimum atomic E-state index is 0.973. The van der Waals surface area contributed by atoms with Crippen LogP contribution in [0.1, 0.15) is 18.4 Å². The molecule has 1 aliphatic heterocycles. The highest BCUT2D eigenvalue weighted by atomic mass is 127. The zero-order valence-corrected chi connectivity index (χ0v) is 11.2. The Bertz CT molecular complexity index is 334. The molecule has 0 aromatic heterocycles. The number of halogens is 1. The van der Waals surface area contributed by atoms with Gasteiger partial charge in [0.1, 0.15) is 5.75 Å². The van der Waals surface area contributed by atoms with Gasteiger partial charge in [-0.25, -0.2) is 0 Å². The summed E-state index contributed by atoms with van der Waals surface area (Å²) in [5.41, 5.74) is 1.39. The lowest BCUT2D eigenvalue weighted by molar-refractivity contribution is 0.331. The Labute approximate surface area is 105 Å². The largest absolute Gasteiger partial charge is 0.496 e. The van der Waals surface area contributed by atoms with Crippen molar-refractivity contribution in [2.45, 2.75) is 19.4 Å². The van der Waals surface area contributed by atoms with Gasteiger partial charge in [-0.2, -0.15) is 0 Å². The van der Waals surface area contributed by atoms with Gasteiger partial charge in [-0.15, -0.1) is 0 Å². The Balaban J connectivity index is 2.05. The predicted molar refractivity (Wildman–Crippen MR) is 70.2 cm³/mol. The van der Waals surface area contributed by atoms with Gasteiger partial charge in [0.15, 0.2) is 0 Å². The third-order valence-corrected chi connectivity index (χ3v) is 3.66. The van der Waals surface area contributed by atoms with E-state index in [1.807, 2.05) is 0 Å². The van der Waals surface area contributed by atoms with Crippen LogP contribution in [0.2, 0.25) is 0 Å². The fourth-order valence-electron chi connectivity index (χ4n) is 2.01. The Morgan fingerprint density at radius 1 is 1.33 bits per heavy atom. The standard InChI is InChI=1S/C12H16INO/c1-15-12-5-4-10(8-11(12)13)9-14-6-2-3-7-14/h4-5,8H,2-3,6-7,9H2,1H3. The SMILES string of the molecule is COc1ccc(CN2CCCC2)cc1I. The van der Waals surface area contributed by atoms with E-state index in [1.54, 1.807) is 7.11 Å². The van der Waals surface area contributed by atoms with E-state index in [1.165, 1.54) is 35.1 Å². The number of hydrogen-bond donors (Lipinski definition) is 0. The molecular formula is C12H16INO. The van der Waals surface area contributed by atoms with E-state index in [2.05, 4.69) is 45.7 Å². The van der Waals surface area contributed by atoms with Crippen molar-refractivity contribution in [3.05, 3.63) is 27.3 Å². The molecule has 1 aromatic carbocycles.